The van der Waals surface area contributed by atoms with Crippen LogP contribution in [-0.2, 0) is 16.1 Å². The van der Waals surface area contributed by atoms with Crippen molar-refractivity contribution in [3.05, 3.63) is 77.6 Å². The van der Waals surface area contributed by atoms with Gasteiger partial charge in [-0.05, 0) is 49.7 Å². The lowest BCUT2D eigenvalue weighted by Gasteiger charge is -2.16. The van der Waals surface area contributed by atoms with Crippen LogP contribution in [-0.4, -0.2) is 33.0 Å². The summed E-state index contributed by atoms with van der Waals surface area (Å²) in [5.74, 6) is -0.427. The molecule has 1 fully saturated rings. The first-order valence-corrected chi connectivity index (χ1v) is 9.76. The van der Waals surface area contributed by atoms with Crippen LogP contribution < -0.4 is 5.32 Å². The second kappa shape index (κ2) is 7.91. The Balaban J connectivity index is 1.38. The zero-order valence-electron chi connectivity index (χ0n) is 16.6. The molecule has 2 amide bonds. The highest BCUT2D eigenvalue weighted by Gasteiger charge is 2.34. The summed E-state index contributed by atoms with van der Waals surface area (Å²) in [5.41, 5.74) is 4.75. The van der Waals surface area contributed by atoms with Gasteiger partial charge in [0.05, 0.1) is 17.3 Å². The Morgan fingerprint density at radius 1 is 1.10 bits per heavy atom. The van der Waals surface area contributed by atoms with Crippen molar-refractivity contribution in [1.29, 1.82) is 0 Å². The van der Waals surface area contributed by atoms with Gasteiger partial charge in [-0.1, -0.05) is 30.3 Å². The highest BCUT2D eigenvalue weighted by molar-refractivity contribution is 5.97. The third kappa shape index (κ3) is 4.21. The third-order valence-electron chi connectivity index (χ3n) is 5.19. The van der Waals surface area contributed by atoms with E-state index in [9.17, 15) is 9.59 Å². The molecule has 2 heterocycles. The summed E-state index contributed by atoms with van der Waals surface area (Å²) in [6.07, 6.45) is 0.252. The highest BCUT2D eigenvalue weighted by Crippen LogP contribution is 2.22. The summed E-state index contributed by atoms with van der Waals surface area (Å²) in [7, 11) is 0. The van der Waals surface area contributed by atoms with Crippen molar-refractivity contribution in [2.45, 2.75) is 26.8 Å². The van der Waals surface area contributed by atoms with Crippen LogP contribution in [0.4, 0.5) is 5.69 Å². The van der Waals surface area contributed by atoms with E-state index in [1.807, 2.05) is 79.2 Å². The van der Waals surface area contributed by atoms with Crippen LogP contribution in [0.5, 0.6) is 0 Å². The summed E-state index contributed by atoms with van der Waals surface area (Å²) in [6, 6.07) is 19.4. The molecule has 0 aliphatic carbocycles. The minimum Gasteiger partial charge on any atom is -0.338 e. The largest absolute Gasteiger partial charge is 0.338 e. The molecule has 0 saturated carbocycles. The lowest BCUT2D eigenvalue weighted by molar-refractivity contribution is -0.128. The van der Waals surface area contributed by atoms with Gasteiger partial charge in [-0.2, -0.15) is 5.10 Å². The van der Waals surface area contributed by atoms with Gasteiger partial charge >= 0.3 is 0 Å². The molecule has 148 valence electrons. The van der Waals surface area contributed by atoms with Gasteiger partial charge in [0.15, 0.2) is 0 Å². The number of aryl methyl sites for hydroxylation is 2. The number of amides is 2. The van der Waals surface area contributed by atoms with Gasteiger partial charge in [-0.15, -0.1) is 0 Å². The predicted molar refractivity (Wildman–Crippen MR) is 112 cm³/mol. The van der Waals surface area contributed by atoms with Crippen LogP contribution in [0, 0.1) is 19.8 Å². The molecule has 2 aromatic carbocycles. The molecule has 6 heteroatoms. The Bertz CT molecular complexity index is 1020. The van der Waals surface area contributed by atoms with Gasteiger partial charge in [-0.3, -0.25) is 9.59 Å². The molecule has 29 heavy (non-hydrogen) atoms. The maximum atomic E-state index is 12.7. The average Bonchev–Trinajstić information content (AvgIpc) is 3.25. The van der Waals surface area contributed by atoms with Crippen LogP contribution in [0.15, 0.2) is 60.7 Å². The fourth-order valence-electron chi connectivity index (χ4n) is 3.72. The summed E-state index contributed by atoms with van der Waals surface area (Å²) in [6.45, 7) is 4.96. The van der Waals surface area contributed by atoms with Gasteiger partial charge < -0.3 is 10.2 Å². The summed E-state index contributed by atoms with van der Waals surface area (Å²) in [5, 5.41) is 7.41. The fraction of sp³-hybridized carbons (Fsp3) is 0.261. The molecule has 1 N–H and O–H groups in total. The van der Waals surface area contributed by atoms with Gasteiger partial charge in [0.25, 0.3) is 0 Å². The number of nitrogens with one attached hydrogen (secondary N) is 1. The van der Waals surface area contributed by atoms with E-state index in [4.69, 9.17) is 0 Å². The molecule has 1 aliphatic heterocycles. The standard InChI is InChI=1S/C23H24N4O2/c1-16-12-17(2)27(25-16)21-10-8-20(9-11-21)24-23(29)19-13-22(28)26(15-19)14-18-6-4-3-5-7-18/h3-12,19H,13-15H2,1-2H3,(H,24,29). The summed E-state index contributed by atoms with van der Waals surface area (Å²) < 4.78 is 1.87. The number of anilines is 1. The maximum absolute atomic E-state index is 12.7. The van der Waals surface area contributed by atoms with Crippen LogP contribution in [0.25, 0.3) is 5.69 Å². The van der Waals surface area contributed by atoms with Crippen molar-refractivity contribution in [2.75, 3.05) is 11.9 Å². The Labute approximate surface area is 170 Å². The van der Waals surface area contributed by atoms with Gasteiger partial charge in [0.2, 0.25) is 11.8 Å². The first-order valence-electron chi connectivity index (χ1n) is 9.76. The molecule has 3 aromatic rings. The number of benzene rings is 2. The number of hydrogen-bond donors (Lipinski definition) is 1. The van der Waals surface area contributed by atoms with E-state index < -0.39 is 0 Å². The quantitative estimate of drug-likeness (QED) is 0.728. The Morgan fingerprint density at radius 3 is 2.48 bits per heavy atom. The van der Waals surface area contributed by atoms with Crippen molar-refractivity contribution in [3.63, 3.8) is 0 Å². The molecule has 1 unspecified atom stereocenters. The number of carbonyl (C=O) groups is 2. The van der Waals surface area contributed by atoms with Crippen LogP contribution in [0.1, 0.15) is 23.4 Å². The zero-order chi connectivity index (χ0) is 20.4. The topological polar surface area (TPSA) is 67.2 Å². The lowest BCUT2D eigenvalue weighted by Crippen LogP contribution is -2.28. The Kier molecular flexibility index (Phi) is 5.16. The predicted octanol–water partition coefficient (Wildman–Crippen LogP) is 3.48. The second-order valence-electron chi connectivity index (χ2n) is 7.54. The van der Waals surface area contributed by atoms with E-state index in [-0.39, 0.29) is 24.2 Å². The lowest BCUT2D eigenvalue weighted by atomic mass is 10.1. The van der Waals surface area contributed by atoms with Crippen molar-refractivity contribution in [1.82, 2.24) is 14.7 Å². The third-order valence-corrected chi connectivity index (χ3v) is 5.19. The summed E-state index contributed by atoms with van der Waals surface area (Å²) >= 11 is 0. The van der Waals surface area contributed by atoms with Crippen molar-refractivity contribution < 1.29 is 9.59 Å². The molecule has 0 radical (unpaired) electrons. The first-order chi connectivity index (χ1) is 14.0. The van der Waals surface area contributed by atoms with Crippen molar-refractivity contribution >= 4 is 17.5 Å². The molecule has 1 aliphatic rings. The molecule has 0 bridgehead atoms. The minimum atomic E-state index is -0.332. The summed E-state index contributed by atoms with van der Waals surface area (Å²) in [4.78, 5) is 26.7. The van der Waals surface area contributed by atoms with Crippen LogP contribution >= 0.6 is 0 Å². The molecule has 1 aromatic heterocycles. The van der Waals surface area contributed by atoms with E-state index in [1.54, 1.807) is 4.90 Å². The van der Waals surface area contributed by atoms with Gasteiger partial charge in [0.1, 0.15) is 0 Å². The molecular weight excluding hydrogens is 364 g/mol. The van der Waals surface area contributed by atoms with E-state index in [2.05, 4.69) is 10.4 Å². The molecule has 1 atom stereocenters. The van der Waals surface area contributed by atoms with Gasteiger partial charge in [-0.25, -0.2) is 4.68 Å². The van der Waals surface area contributed by atoms with E-state index in [0.29, 0.717) is 18.8 Å². The number of likely N-dealkylation sites (tertiary alicyclic amines) is 1. The second-order valence-corrected chi connectivity index (χ2v) is 7.54. The zero-order valence-corrected chi connectivity index (χ0v) is 16.6. The Morgan fingerprint density at radius 2 is 1.83 bits per heavy atom. The van der Waals surface area contributed by atoms with Crippen molar-refractivity contribution in [2.24, 2.45) is 5.92 Å². The monoisotopic (exact) mass is 388 g/mol. The van der Waals surface area contributed by atoms with Crippen molar-refractivity contribution in [3.8, 4) is 5.69 Å². The van der Waals surface area contributed by atoms with Gasteiger partial charge in [0, 0.05) is 30.9 Å². The molecular formula is C23H24N4O2. The minimum absolute atomic E-state index is 0.0221. The number of aromatic nitrogens is 2. The molecule has 1 saturated heterocycles. The SMILES string of the molecule is Cc1cc(C)n(-c2ccc(NC(=O)C3CC(=O)N(Cc4ccccc4)C3)cc2)n1. The maximum Gasteiger partial charge on any atom is 0.229 e. The molecule has 0 spiro atoms. The molecule has 6 nitrogen and oxygen atoms in total. The first kappa shape index (κ1) is 18.9. The average molecular weight is 388 g/mol. The number of carbonyl (C=O) groups excluding carboxylic acids is 2. The smallest absolute Gasteiger partial charge is 0.229 e. The highest BCUT2D eigenvalue weighted by atomic mass is 16.2. The normalized spacial score (nSPS) is 16.3. The number of hydrogen-bond acceptors (Lipinski definition) is 3. The molecule has 4 rings (SSSR count). The number of rotatable bonds is 5. The van der Waals surface area contributed by atoms with Crippen LogP contribution in [0.3, 0.4) is 0 Å². The van der Waals surface area contributed by atoms with E-state index in [0.717, 1.165) is 22.6 Å². The van der Waals surface area contributed by atoms with Crippen LogP contribution in [0.2, 0.25) is 0 Å². The fourth-order valence-corrected chi connectivity index (χ4v) is 3.72. The number of nitrogens with zero attached hydrogens (tertiary/aromatic N) is 3. The Hall–Kier alpha value is -3.41. The van der Waals surface area contributed by atoms with E-state index >= 15 is 0 Å². The van der Waals surface area contributed by atoms with E-state index in [1.165, 1.54) is 0 Å².